The number of fused-ring (bicyclic) bond motifs is 1. The van der Waals surface area contributed by atoms with E-state index in [-0.39, 0.29) is 6.61 Å². The van der Waals surface area contributed by atoms with Crippen LogP contribution in [0.25, 0.3) is 22.2 Å². The van der Waals surface area contributed by atoms with Gasteiger partial charge in [0, 0.05) is 21.1 Å². The number of benzene rings is 3. The minimum atomic E-state index is -0.571. The Labute approximate surface area is 194 Å². The number of carbonyl (C=O) groups is 2. The molecule has 0 fully saturated rings. The van der Waals surface area contributed by atoms with Gasteiger partial charge in [0.1, 0.15) is 0 Å². The molecule has 1 amide bonds. The number of halogens is 1. The Balaban J connectivity index is 1.56. The first kappa shape index (κ1) is 21.7. The van der Waals surface area contributed by atoms with Crippen molar-refractivity contribution in [2.75, 3.05) is 11.9 Å². The van der Waals surface area contributed by atoms with Gasteiger partial charge in [-0.3, -0.25) is 4.79 Å². The smallest absolute Gasteiger partial charge is 0.339 e. The molecule has 1 aromatic heterocycles. The Morgan fingerprint density at radius 3 is 2.50 bits per heavy atom. The average molecular weight is 489 g/mol. The van der Waals surface area contributed by atoms with Crippen molar-refractivity contribution >= 4 is 44.4 Å². The molecular weight excluding hydrogens is 468 g/mol. The van der Waals surface area contributed by atoms with Crippen LogP contribution >= 0.6 is 15.9 Å². The lowest BCUT2D eigenvalue weighted by atomic mass is 10.0. The number of aryl methyl sites for hydroxylation is 2. The number of amides is 1. The molecule has 0 saturated carbocycles. The molecule has 0 atom stereocenters. The number of hydrogen-bond acceptors (Lipinski definition) is 4. The van der Waals surface area contributed by atoms with Gasteiger partial charge in [-0.1, -0.05) is 58.4 Å². The molecule has 4 rings (SSSR count). The lowest BCUT2D eigenvalue weighted by Gasteiger charge is -2.12. The topological polar surface area (TPSA) is 68.3 Å². The van der Waals surface area contributed by atoms with Crippen LogP contribution in [-0.2, 0) is 9.53 Å². The summed E-state index contributed by atoms with van der Waals surface area (Å²) in [5.74, 6) is -0.961. The number of hydrogen-bond donors (Lipinski definition) is 1. The summed E-state index contributed by atoms with van der Waals surface area (Å²) < 4.78 is 6.32. The second kappa shape index (κ2) is 9.32. The fourth-order valence-corrected chi connectivity index (χ4v) is 3.64. The van der Waals surface area contributed by atoms with Crippen molar-refractivity contribution in [3.63, 3.8) is 0 Å². The Morgan fingerprint density at radius 2 is 1.72 bits per heavy atom. The van der Waals surface area contributed by atoms with E-state index in [1.807, 2.05) is 80.6 Å². The highest BCUT2D eigenvalue weighted by molar-refractivity contribution is 9.10. The standard InChI is InChI=1S/C26H21BrN2O3/c1-16-7-8-17(2)23(13-16)29-25(30)15-32-26(31)21-14-24(18-9-11-19(27)12-10-18)28-22-6-4-3-5-20(21)22/h3-14H,15H2,1-2H3,(H,29,30). The molecule has 0 aliphatic carbocycles. The van der Waals surface area contributed by atoms with Gasteiger partial charge < -0.3 is 10.1 Å². The molecule has 0 bridgehead atoms. The molecule has 160 valence electrons. The predicted octanol–water partition coefficient (Wildman–Crippen LogP) is 6.08. The highest BCUT2D eigenvalue weighted by atomic mass is 79.9. The second-order valence-electron chi connectivity index (χ2n) is 7.52. The van der Waals surface area contributed by atoms with E-state index < -0.39 is 11.9 Å². The van der Waals surface area contributed by atoms with Crippen LogP contribution in [0.5, 0.6) is 0 Å². The van der Waals surface area contributed by atoms with Crippen LogP contribution in [0.2, 0.25) is 0 Å². The number of ether oxygens (including phenoxy) is 1. The molecule has 5 nitrogen and oxygen atoms in total. The van der Waals surface area contributed by atoms with Crippen LogP contribution < -0.4 is 5.32 Å². The van der Waals surface area contributed by atoms with Gasteiger partial charge in [-0.2, -0.15) is 0 Å². The minimum absolute atomic E-state index is 0.369. The normalized spacial score (nSPS) is 10.7. The quantitative estimate of drug-likeness (QED) is 0.345. The van der Waals surface area contributed by atoms with Crippen LogP contribution in [0.1, 0.15) is 21.5 Å². The number of nitrogens with one attached hydrogen (secondary N) is 1. The molecule has 3 aromatic carbocycles. The van der Waals surface area contributed by atoms with E-state index in [0.717, 1.165) is 21.2 Å². The summed E-state index contributed by atoms with van der Waals surface area (Å²) in [5, 5.41) is 3.48. The lowest BCUT2D eigenvalue weighted by molar-refractivity contribution is -0.119. The Hall–Kier alpha value is -3.51. The first-order valence-electron chi connectivity index (χ1n) is 10.1. The van der Waals surface area contributed by atoms with Crippen molar-refractivity contribution < 1.29 is 14.3 Å². The summed E-state index contributed by atoms with van der Waals surface area (Å²) in [4.78, 5) is 30.0. The predicted molar refractivity (Wildman–Crippen MR) is 130 cm³/mol. The highest BCUT2D eigenvalue weighted by Gasteiger charge is 2.17. The largest absolute Gasteiger partial charge is 0.452 e. The summed E-state index contributed by atoms with van der Waals surface area (Å²) in [6, 6.07) is 22.6. The maximum Gasteiger partial charge on any atom is 0.339 e. The SMILES string of the molecule is Cc1ccc(C)c(NC(=O)COC(=O)c2cc(-c3ccc(Br)cc3)nc3ccccc23)c1. The number of carbonyl (C=O) groups excluding carboxylic acids is 2. The van der Waals surface area contributed by atoms with E-state index >= 15 is 0 Å². The fourth-order valence-electron chi connectivity index (χ4n) is 3.38. The zero-order chi connectivity index (χ0) is 22.7. The van der Waals surface area contributed by atoms with E-state index in [4.69, 9.17) is 4.74 Å². The van der Waals surface area contributed by atoms with Gasteiger partial charge in [0.25, 0.3) is 5.91 Å². The van der Waals surface area contributed by atoms with Crippen LogP contribution in [0.4, 0.5) is 5.69 Å². The first-order chi connectivity index (χ1) is 15.4. The molecule has 1 N–H and O–H groups in total. The molecule has 4 aromatic rings. The maximum atomic E-state index is 12.9. The van der Waals surface area contributed by atoms with E-state index in [2.05, 4.69) is 26.2 Å². The second-order valence-corrected chi connectivity index (χ2v) is 8.44. The lowest BCUT2D eigenvalue weighted by Crippen LogP contribution is -2.21. The molecule has 0 unspecified atom stereocenters. The van der Waals surface area contributed by atoms with Gasteiger partial charge in [-0.15, -0.1) is 0 Å². The monoisotopic (exact) mass is 488 g/mol. The molecule has 0 aliphatic heterocycles. The summed E-state index contributed by atoms with van der Waals surface area (Å²) >= 11 is 3.43. The number of anilines is 1. The third kappa shape index (κ3) is 4.86. The molecule has 1 heterocycles. The number of para-hydroxylation sites is 1. The summed E-state index contributed by atoms with van der Waals surface area (Å²) in [6.07, 6.45) is 0. The zero-order valence-electron chi connectivity index (χ0n) is 17.7. The molecule has 0 saturated heterocycles. The van der Waals surface area contributed by atoms with E-state index in [1.54, 1.807) is 6.07 Å². The number of rotatable bonds is 5. The third-order valence-corrected chi connectivity index (χ3v) is 5.61. The molecule has 0 radical (unpaired) electrons. The molecular formula is C26H21BrN2O3. The van der Waals surface area contributed by atoms with Crippen molar-refractivity contribution in [2.24, 2.45) is 0 Å². The fraction of sp³-hybridized carbons (Fsp3) is 0.115. The third-order valence-electron chi connectivity index (χ3n) is 5.08. The van der Waals surface area contributed by atoms with Gasteiger partial charge in [-0.05, 0) is 55.3 Å². The Morgan fingerprint density at radius 1 is 0.969 bits per heavy atom. The zero-order valence-corrected chi connectivity index (χ0v) is 19.3. The van der Waals surface area contributed by atoms with Crippen LogP contribution in [0.3, 0.4) is 0 Å². The van der Waals surface area contributed by atoms with Crippen molar-refractivity contribution in [1.82, 2.24) is 4.98 Å². The first-order valence-corrected chi connectivity index (χ1v) is 10.9. The van der Waals surface area contributed by atoms with Crippen molar-refractivity contribution in [2.45, 2.75) is 13.8 Å². The van der Waals surface area contributed by atoms with Gasteiger partial charge >= 0.3 is 5.97 Å². The summed E-state index contributed by atoms with van der Waals surface area (Å²) in [5.41, 5.74) is 5.26. The van der Waals surface area contributed by atoms with Crippen LogP contribution in [-0.4, -0.2) is 23.5 Å². The molecule has 6 heteroatoms. The molecule has 0 aliphatic rings. The summed E-state index contributed by atoms with van der Waals surface area (Å²) in [7, 11) is 0. The van der Waals surface area contributed by atoms with Crippen molar-refractivity contribution in [3.8, 4) is 11.3 Å². The van der Waals surface area contributed by atoms with Gasteiger partial charge in [-0.25, -0.2) is 9.78 Å². The average Bonchev–Trinajstić information content (AvgIpc) is 2.79. The molecule has 0 spiro atoms. The van der Waals surface area contributed by atoms with Gasteiger partial charge in [0.15, 0.2) is 6.61 Å². The van der Waals surface area contributed by atoms with E-state index in [9.17, 15) is 9.59 Å². The van der Waals surface area contributed by atoms with Crippen molar-refractivity contribution in [3.05, 3.63) is 94.0 Å². The number of pyridine rings is 1. The number of nitrogens with zero attached hydrogens (tertiary/aromatic N) is 1. The maximum absolute atomic E-state index is 12.9. The number of aromatic nitrogens is 1. The van der Waals surface area contributed by atoms with E-state index in [1.165, 1.54) is 0 Å². The Bertz CT molecular complexity index is 1320. The summed E-state index contributed by atoms with van der Waals surface area (Å²) in [6.45, 7) is 3.48. The number of esters is 1. The Kier molecular flexibility index (Phi) is 6.32. The van der Waals surface area contributed by atoms with E-state index in [0.29, 0.717) is 27.8 Å². The van der Waals surface area contributed by atoms with Gasteiger partial charge in [0.05, 0.1) is 16.8 Å². The minimum Gasteiger partial charge on any atom is -0.452 e. The van der Waals surface area contributed by atoms with Gasteiger partial charge in [0.2, 0.25) is 0 Å². The molecule has 32 heavy (non-hydrogen) atoms. The van der Waals surface area contributed by atoms with Crippen molar-refractivity contribution in [1.29, 1.82) is 0 Å². The van der Waals surface area contributed by atoms with Crippen LogP contribution in [0, 0.1) is 13.8 Å². The van der Waals surface area contributed by atoms with Crippen LogP contribution in [0.15, 0.2) is 77.3 Å². The highest BCUT2D eigenvalue weighted by Crippen LogP contribution is 2.26.